The summed E-state index contributed by atoms with van der Waals surface area (Å²) in [5, 5.41) is 0. The number of nitrogens with zero attached hydrogens (tertiary/aromatic N) is 1. The Morgan fingerprint density at radius 3 is 2.38 bits per heavy atom. The van der Waals surface area contributed by atoms with E-state index in [1.807, 2.05) is 36.4 Å². The van der Waals surface area contributed by atoms with Crippen molar-refractivity contribution < 1.29 is 9.53 Å². The number of likely N-dealkylation sites (tertiary alicyclic amines) is 1. The molecule has 0 spiro atoms. The molecule has 2 saturated heterocycles. The predicted molar refractivity (Wildman–Crippen MR) is 127 cm³/mol. The monoisotopic (exact) mass is 428 g/mol. The van der Waals surface area contributed by atoms with Crippen molar-refractivity contribution in [2.45, 2.75) is 30.8 Å². The minimum absolute atomic E-state index is 0.147. The van der Waals surface area contributed by atoms with Crippen LogP contribution < -0.4 is 5.73 Å². The van der Waals surface area contributed by atoms with Crippen molar-refractivity contribution in [1.82, 2.24) is 4.90 Å². The Bertz CT molecular complexity index is 959. The second-order valence-corrected chi connectivity index (χ2v) is 9.33. The molecule has 1 aliphatic carbocycles. The van der Waals surface area contributed by atoms with Crippen LogP contribution in [-0.2, 0) is 14.9 Å². The Morgan fingerprint density at radius 1 is 1.03 bits per heavy atom. The first kappa shape index (κ1) is 21.2. The van der Waals surface area contributed by atoms with Crippen LogP contribution in [0.2, 0.25) is 0 Å². The Morgan fingerprint density at radius 2 is 1.72 bits per heavy atom. The second-order valence-electron chi connectivity index (χ2n) is 9.33. The summed E-state index contributed by atoms with van der Waals surface area (Å²) in [4.78, 5) is 15.7. The Balaban J connectivity index is 1.36. The lowest BCUT2D eigenvalue weighted by atomic mass is 9.64. The maximum atomic E-state index is 13.2. The first-order chi connectivity index (χ1) is 15.7. The van der Waals surface area contributed by atoms with Crippen molar-refractivity contribution in [2.75, 3.05) is 26.2 Å². The lowest BCUT2D eigenvalue weighted by molar-refractivity contribution is -0.123. The standard InChI is InChI=1S/C28H32N2O2/c29-27(31)28(23-7-3-1-4-8-23,24-9-5-2-6-10-24)25-14-17-30(20-25)16-13-21-11-12-26-22(19-21)15-18-32-26/h1-12,19,22,25-26H,13-18,20H2,(H2,29,31)/t22?,25-,26?/m1/s1. The zero-order chi connectivity index (χ0) is 22.0. The van der Waals surface area contributed by atoms with Gasteiger partial charge in [0.1, 0.15) is 5.41 Å². The SMILES string of the molecule is NC(=O)C(c1ccccc1)(c1ccccc1)[C@@H]1CCN(CCC2=CC3CCOC3C=C2)C1. The van der Waals surface area contributed by atoms with E-state index in [1.165, 1.54) is 5.57 Å². The number of hydrogen-bond donors (Lipinski definition) is 1. The van der Waals surface area contributed by atoms with E-state index in [4.69, 9.17) is 10.5 Å². The van der Waals surface area contributed by atoms with E-state index < -0.39 is 5.41 Å². The second kappa shape index (κ2) is 9.05. The lowest BCUT2D eigenvalue weighted by Crippen LogP contribution is -2.49. The van der Waals surface area contributed by atoms with Crippen LogP contribution in [0.3, 0.4) is 0 Å². The maximum absolute atomic E-state index is 13.2. The number of nitrogens with two attached hydrogens (primary N) is 1. The molecule has 2 aliphatic heterocycles. The number of carbonyl (C=O) groups is 1. The normalized spacial score (nSPS) is 25.5. The highest BCUT2D eigenvalue weighted by atomic mass is 16.5. The third-order valence-electron chi connectivity index (χ3n) is 7.56. The quantitative estimate of drug-likeness (QED) is 0.723. The molecule has 5 rings (SSSR count). The van der Waals surface area contributed by atoms with Gasteiger partial charge in [-0.2, -0.15) is 0 Å². The molecule has 2 aromatic carbocycles. The van der Waals surface area contributed by atoms with Gasteiger partial charge in [-0.15, -0.1) is 0 Å². The first-order valence-corrected chi connectivity index (χ1v) is 11.8. The first-order valence-electron chi connectivity index (χ1n) is 11.8. The summed E-state index contributed by atoms with van der Waals surface area (Å²) in [5.74, 6) is 0.431. The van der Waals surface area contributed by atoms with Crippen LogP contribution in [0.4, 0.5) is 0 Å². The molecule has 32 heavy (non-hydrogen) atoms. The van der Waals surface area contributed by atoms with Gasteiger partial charge in [-0.3, -0.25) is 4.79 Å². The summed E-state index contributed by atoms with van der Waals surface area (Å²) in [6, 6.07) is 20.2. The van der Waals surface area contributed by atoms with Crippen molar-refractivity contribution in [3.63, 3.8) is 0 Å². The molecule has 0 radical (unpaired) electrons. The van der Waals surface area contributed by atoms with Crippen molar-refractivity contribution in [1.29, 1.82) is 0 Å². The van der Waals surface area contributed by atoms with Crippen LogP contribution in [0.25, 0.3) is 0 Å². The van der Waals surface area contributed by atoms with Gasteiger partial charge in [0.25, 0.3) is 0 Å². The van der Waals surface area contributed by atoms with Gasteiger partial charge in [-0.1, -0.05) is 84.5 Å². The van der Waals surface area contributed by atoms with E-state index in [-0.39, 0.29) is 17.9 Å². The Labute approximate surface area is 190 Å². The average Bonchev–Trinajstić information content (AvgIpc) is 3.49. The molecular formula is C28H32N2O2. The molecule has 2 aromatic rings. The van der Waals surface area contributed by atoms with E-state index in [0.717, 1.165) is 56.6 Å². The van der Waals surface area contributed by atoms with E-state index in [2.05, 4.69) is 47.4 Å². The molecule has 3 aliphatic rings. The molecular weight excluding hydrogens is 396 g/mol. The van der Waals surface area contributed by atoms with Gasteiger partial charge in [-0.25, -0.2) is 0 Å². The molecule has 2 N–H and O–H groups in total. The number of amides is 1. The van der Waals surface area contributed by atoms with Gasteiger partial charge in [0.05, 0.1) is 6.10 Å². The molecule has 0 bridgehead atoms. The fraction of sp³-hybridized carbons (Fsp3) is 0.393. The van der Waals surface area contributed by atoms with Gasteiger partial charge < -0.3 is 15.4 Å². The number of benzene rings is 2. The number of ether oxygens (including phenoxy) is 1. The van der Waals surface area contributed by atoms with E-state index in [9.17, 15) is 4.79 Å². The molecule has 2 fully saturated rings. The summed E-state index contributed by atoms with van der Waals surface area (Å²) in [6.07, 6.45) is 10.3. The van der Waals surface area contributed by atoms with Gasteiger partial charge in [0, 0.05) is 25.6 Å². The summed E-state index contributed by atoms with van der Waals surface area (Å²) in [6.45, 7) is 3.74. The largest absolute Gasteiger partial charge is 0.374 e. The van der Waals surface area contributed by atoms with Gasteiger partial charge in [0.2, 0.25) is 5.91 Å². The van der Waals surface area contributed by atoms with Crippen LogP contribution in [0.5, 0.6) is 0 Å². The molecule has 3 atom stereocenters. The molecule has 1 amide bonds. The minimum atomic E-state index is -0.810. The van der Waals surface area contributed by atoms with Gasteiger partial charge in [0.15, 0.2) is 0 Å². The fourth-order valence-electron chi connectivity index (χ4n) is 5.92. The Hall–Kier alpha value is -2.69. The molecule has 0 aromatic heterocycles. The van der Waals surface area contributed by atoms with E-state index >= 15 is 0 Å². The number of hydrogen-bond acceptors (Lipinski definition) is 3. The lowest BCUT2D eigenvalue weighted by Gasteiger charge is -2.37. The fourth-order valence-corrected chi connectivity index (χ4v) is 5.92. The molecule has 4 nitrogen and oxygen atoms in total. The number of primary amides is 1. The number of rotatable bonds is 7. The molecule has 166 valence electrons. The number of allylic oxidation sites excluding steroid dienone is 1. The third-order valence-corrected chi connectivity index (χ3v) is 7.56. The van der Waals surface area contributed by atoms with Crippen molar-refractivity contribution in [3.8, 4) is 0 Å². The van der Waals surface area contributed by atoms with Crippen molar-refractivity contribution in [2.24, 2.45) is 17.6 Å². The van der Waals surface area contributed by atoms with E-state index in [0.29, 0.717) is 5.92 Å². The summed E-state index contributed by atoms with van der Waals surface area (Å²) in [5.41, 5.74) is 8.81. The summed E-state index contributed by atoms with van der Waals surface area (Å²) >= 11 is 0. The summed E-state index contributed by atoms with van der Waals surface area (Å²) < 4.78 is 5.76. The molecule has 0 saturated carbocycles. The number of fused-ring (bicyclic) bond motifs is 1. The highest BCUT2D eigenvalue weighted by Gasteiger charge is 2.49. The minimum Gasteiger partial charge on any atom is -0.374 e. The smallest absolute Gasteiger partial charge is 0.232 e. The van der Waals surface area contributed by atoms with Crippen LogP contribution in [0, 0.1) is 11.8 Å². The topological polar surface area (TPSA) is 55.6 Å². The van der Waals surface area contributed by atoms with Gasteiger partial charge >= 0.3 is 0 Å². The van der Waals surface area contributed by atoms with Crippen LogP contribution in [0.1, 0.15) is 30.4 Å². The van der Waals surface area contributed by atoms with Crippen LogP contribution in [0.15, 0.2) is 84.5 Å². The molecule has 2 unspecified atom stereocenters. The number of carbonyl (C=O) groups excluding carboxylic acids is 1. The Kier molecular flexibility index (Phi) is 5.99. The zero-order valence-corrected chi connectivity index (χ0v) is 18.5. The van der Waals surface area contributed by atoms with Crippen LogP contribution in [-0.4, -0.2) is 43.2 Å². The molecule has 4 heteroatoms. The zero-order valence-electron chi connectivity index (χ0n) is 18.5. The third kappa shape index (κ3) is 3.82. The van der Waals surface area contributed by atoms with Crippen LogP contribution >= 0.6 is 0 Å². The molecule has 2 heterocycles. The average molecular weight is 429 g/mol. The van der Waals surface area contributed by atoms with Crippen molar-refractivity contribution >= 4 is 5.91 Å². The maximum Gasteiger partial charge on any atom is 0.232 e. The highest BCUT2D eigenvalue weighted by molar-refractivity contribution is 5.91. The van der Waals surface area contributed by atoms with Gasteiger partial charge in [-0.05, 0) is 42.9 Å². The van der Waals surface area contributed by atoms with E-state index in [1.54, 1.807) is 0 Å². The van der Waals surface area contributed by atoms with Crippen molar-refractivity contribution in [3.05, 3.63) is 95.6 Å². The predicted octanol–water partition coefficient (Wildman–Crippen LogP) is 4.07. The highest BCUT2D eigenvalue weighted by Crippen LogP contribution is 2.43. The summed E-state index contributed by atoms with van der Waals surface area (Å²) in [7, 11) is 0.